The summed E-state index contributed by atoms with van der Waals surface area (Å²) in [5, 5.41) is 3.03. The molecule has 0 saturated heterocycles. The number of anilines is 1. The second-order valence-corrected chi connectivity index (χ2v) is 7.08. The molecular formula is C22H18BrNO3. The molecular weight excluding hydrogens is 406 g/mol. The molecule has 27 heavy (non-hydrogen) atoms. The number of amides is 1. The quantitative estimate of drug-likeness (QED) is 0.637. The third kappa shape index (κ3) is 3.98. The fourth-order valence-electron chi connectivity index (χ4n) is 3.07. The van der Waals surface area contributed by atoms with Crippen LogP contribution in [0.2, 0.25) is 0 Å². The van der Waals surface area contributed by atoms with Crippen molar-refractivity contribution in [3.63, 3.8) is 0 Å². The van der Waals surface area contributed by atoms with Crippen molar-refractivity contribution in [1.29, 1.82) is 0 Å². The molecule has 0 aromatic heterocycles. The molecule has 5 heteroatoms. The predicted molar refractivity (Wildman–Crippen MR) is 109 cm³/mol. The van der Waals surface area contributed by atoms with Crippen LogP contribution in [0.1, 0.15) is 5.56 Å². The first kappa shape index (κ1) is 17.6. The number of carbonyl (C=O) groups excluding carboxylic acids is 1. The van der Waals surface area contributed by atoms with Gasteiger partial charge in [-0.05, 0) is 29.3 Å². The summed E-state index contributed by atoms with van der Waals surface area (Å²) in [4.78, 5) is 12.7. The number of hydrogen-bond acceptors (Lipinski definition) is 3. The Hall–Kier alpha value is -2.79. The van der Waals surface area contributed by atoms with E-state index in [9.17, 15) is 4.79 Å². The number of para-hydroxylation sites is 1. The van der Waals surface area contributed by atoms with Gasteiger partial charge in [0.25, 0.3) is 0 Å². The second-order valence-electron chi connectivity index (χ2n) is 6.22. The maximum absolute atomic E-state index is 12.7. The van der Waals surface area contributed by atoms with Gasteiger partial charge < -0.3 is 14.8 Å². The van der Waals surface area contributed by atoms with Crippen molar-refractivity contribution in [1.82, 2.24) is 0 Å². The largest absolute Gasteiger partial charge is 0.486 e. The zero-order valence-electron chi connectivity index (χ0n) is 14.6. The molecule has 4 nitrogen and oxygen atoms in total. The van der Waals surface area contributed by atoms with E-state index in [0.717, 1.165) is 26.9 Å². The van der Waals surface area contributed by atoms with Gasteiger partial charge in [0.15, 0.2) is 11.5 Å². The molecule has 4 rings (SSSR count). The molecule has 0 bridgehead atoms. The third-order valence-electron chi connectivity index (χ3n) is 4.35. The van der Waals surface area contributed by atoms with Gasteiger partial charge in [-0.15, -0.1) is 0 Å². The number of rotatable bonds is 4. The average Bonchev–Trinajstić information content (AvgIpc) is 2.69. The van der Waals surface area contributed by atoms with Crippen LogP contribution in [0.5, 0.6) is 11.5 Å². The lowest BCUT2D eigenvalue weighted by molar-refractivity contribution is -0.115. The second kappa shape index (κ2) is 7.84. The van der Waals surface area contributed by atoms with E-state index in [0.29, 0.717) is 24.7 Å². The first-order valence-corrected chi connectivity index (χ1v) is 9.52. The van der Waals surface area contributed by atoms with E-state index in [-0.39, 0.29) is 12.3 Å². The lowest BCUT2D eigenvalue weighted by Crippen LogP contribution is -2.17. The van der Waals surface area contributed by atoms with Crippen molar-refractivity contribution in [2.75, 3.05) is 18.5 Å². The topological polar surface area (TPSA) is 47.6 Å². The summed E-state index contributed by atoms with van der Waals surface area (Å²) in [7, 11) is 0. The Morgan fingerprint density at radius 3 is 2.37 bits per heavy atom. The molecule has 3 aromatic rings. The number of nitrogens with one attached hydrogen (secondary N) is 1. The molecule has 0 atom stereocenters. The minimum atomic E-state index is -0.0873. The highest BCUT2D eigenvalue weighted by molar-refractivity contribution is 9.10. The van der Waals surface area contributed by atoms with E-state index in [4.69, 9.17) is 9.47 Å². The normalized spacial score (nSPS) is 12.5. The fraction of sp³-hybridized carbons (Fsp3) is 0.136. The van der Waals surface area contributed by atoms with Crippen LogP contribution in [-0.4, -0.2) is 19.1 Å². The van der Waals surface area contributed by atoms with Gasteiger partial charge in [0, 0.05) is 15.7 Å². The molecule has 1 heterocycles. The molecule has 1 aliphatic rings. The van der Waals surface area contributed by atoms with E-state index in [1.807, 2.05) is 66.7 Å². The highest BCUT2D eigenvalue weighted by Crippen LogP contribution is 2.36. The number of carbonyl (C=O) groups is 1. The van der Waals surface area contributed by atoms with Crippen molar-refractivity contribution in [3.8, 4) is 22.6 Å². The molecule has 0 fully saturated rings. The van der Waals surface area contributed by atoms with Gasteiger partial charge in [-0.1, -0.05) is 64.5 Å². The zero-order chi connectivity index (χ0) is 18.6. The number of halogens is 1. The number of hydrogen-bond donors (Lipinski definition) is 1. The Labute approximate surface area is 166 Å². The maximum Gasteiger partial charge on any atom is 0.228 e. The van der Waals surface area contributed by atoms with E-state index in [1.54, 1.807) is 0 Å². The van der Waals surface area contributed by atoms with Gasteiger partial charge in [0.05, 0.1) is 6.42 Å². The lowest BCUT2D eigenvalue weighted by atomic mass is 10.0. The molecule has 0 aliphatic carbocycles. The third-order valence-corrected chi connectivity index (χ3v) is 5.09. The SMILES string of the molecule is O=C(Cc1cc2c(cc1Br)OCCO2)Nc1ccccc1-c1ccccc1. The molecule has 0 spiro atoms. The van der Waals surface area contributed by atoms with Crippen molar-refractivity contribution in [2.24, 2.45) is 0 Å². The fourth-order valence-corrected chi connectivity index (χ4v) is 3.53. The molecule has 0 radical (unpaired) electrons. The average molecular weight is 424 g/mol. The van der Waals surface area contributed by atoms with Crippen LogP contribution in [-0.2, 0) is 11.2 Å². The van der Waals surface area contributed by atoms with Gasteiger partial charge in [0.1, 0.15) is 13.2 Å². The highest BCUT2D eigenvalue weighted by atomic mass is 79.9. The molecule has 1 amide bonds. The Balaban J connectivity index is 1.54. The maximum atomic E-state index is 12.7. The monoisotopic (exact) mass is 423 g/mol. The van der Waals surface area contributed by atoms with E-state index in [2.05, 4.69) is 21.2 Å². The smallest absolute Gasteiger partial charge is 0.228 e. The van der Waals surface area contributed by atoms with Crippen LogP contribution >= 0.6 is 15.9 Å². The van der Waals surface area contributed by atoms with Crippen molar-refractivity contribution < 1.29 is 14.3 Å². The van der Waals surface area contributed by atoms with Crippen LogP contribution < -0.4 is 14.8 Å². The lowest BCUT2D eigenvalue weighted by Gasteiger charge is -2.20. The van der Waals surface area contributed by atoms with Crippen LogP contribution in [0, 0.1) is 0 Å². The predicted octanol–water partition coefficient (Wildman–Crippen LogP) is 5.07. The minimum Gasteiger partial charge on any atom is -0.486 e. The molecule has 0 saturated carbocycles. The van der Waals surface area contributed by atoms with Gasteiger partial charge in [0.2, 0.25) is 5.91 Å². The summed E-state index contributed by atoms with van der Waals surface area (Å²) >= 11 is 3.52. The molecule has 0 unspecified atom stereocenters. The van der Waals surface area contributed by atoms with Crippen molar-refractivity contribution in [2.45, 2.75) is 6.42 Å². The van der Waals surface area contributed by atoms with Crippen molar-refractivity contribution in [3.05, 3.63) is 76.8 Å². The number of benzene rings is 3. The highest BCUT2D eigenvalue weighted by Gasteiger charge is 2.17. The first-order valence-electron chi connectivity index (χ1n) is 8.73. The Kier molecular flexibility index (Phi) is 5.12. The van der Waals surface area contributed by atoms with Crippen LogP contribution in [0.15, 0.2) is 71.2 Å². The minimum absolute atomic E-state index is 0.0873. The Morgan fingerprint density at radius 2 is 1.59 bits per heavy atom. The standard InChI is InChI=1S/C22H18BrNO3/c23-18-14-21-20(26-10-11-27-21)12-16(18)13-22(25)24-19-9-5-4-8-17(19)15-6-2-1-3-7-15/h1-9,12,14H,10-11,13H2,(H,24,25). The van der Waals surface area contributed by atoms with Crippen LogP contribution in [0.25, 0.3) is 11.1 Å². The summed E-state index contributed by atoms with van der Waals surface area (Å²) in [6.45, 7) is 1.06. The summed E-state index contributed by atoms with van der Waals surface area (Å²) in [5.74, 6) is 1.29. The van der Waals surface area contributed by atoms with E-state index >= 15 is 0 Å². The van der Waals surface area contributed by atoms with Crippen molar-refractivity contribution >= 4 is 27.5 Å². The van der Waals surface area contributed by atoms with Gasteiger partial charge >= 0.3 is 0 Å². The Bertz CT molecular complexity index is 973. The van der Waals surface area contributed by atoms with Crippen LogP contribution in [0.4, 0.5) is 5.69 Å². The summed E-state index contributed by atoms with van der Waals surface area (Å²) < 4.78 is 12.0. The van der Waals surface area contributed by atoms with Gasteiger partial charge in [-0.25, -0.2) is 0 Å². The van der Waals surface area contributed by atoms with Gasteiger partial charge in [-0.3, -0.25) is 4.79 Å². The molecule has 1 aliphatic heterocycles. The zero-order valence-corrected chi connectivity index (χ0v) is 16.2. The van der Waals surface area contributed by atoms with E-state index < -0.39 is 0 Å². The molecule has 1 N–H and O–H groups in total. The van der Waals surface area contributed by atoms with Gasteiger partial charge in [-0.2, -0.15) is 0 Å². The molecule has 136 valence electrons. The summed E-state index contributed by atoms with van der Waals surface area (Å²) in [6.07, 6.45) is 0.236. The molecule has 3 aromatic carbocycles. The van der Waals surface area contributed by atoms with Crippen LogP contribution in [0.3, 0.4) is 0 Å². The van der Waals surface area contributed by atoms with E-state index in [1.165, 1.54) is 0 Å². The summed E-state index contributed by atoms with van der Waals surface area (Å²) in [6, 6.07) is 21.5. The first-order chi connectivity index (χ1) is 13.2. The number of fused-ring (bicyclic) bond motifs is 1. The Morgan fingerprint density at radius 1 is 0.926 bits per heavy atom. The number of ether oxygens (including phenoxy) is 2. The summed E-state index contributed by atoms with van der Waals surface area (Å²) in [5.41, 5.74) is 3.71.